The number of carbonyl (C=O) groups is 3. The van der Waals surface area contributed by atoms with Gasteiger partial charge in [0.25, 0.3) is 0 Å². The van der Waals surface area contributed by atoms with E-state index in [9.17, 15) is 19.5 Å². The van der Waals surface area contributed by atoms with Crippen molar-refractivity contribution >= 4 is 23.4 Å². The molecule has 4 heterocycles. The summed E-state index contributed by atoms with van der Waals surface area (Å²) < 4.78 is 12.5. The molecular formula is C36H51N3O6. The first kappa shape index (κ1) is 33.2. The Hall–Kier alpha value is -3.17. The van der Waals surface area contributed by atoms with Gasteiger partial charge in [-0.05, 0) is 62.8 Å². The molecule has 3 amide bonds. The third-order valence-electron chi connectivity index (χ3n) is 10.1. The molecule has 0 saturated carbocycles. The van der Waals surface area contributed by atoms with Crippen LogP contribution in [0.15, 0.2) is 48.6 Å². The predicted octanol–water partition coefficient (Wildman–Crippen LogP) is 4.59. The number of hydrogen-bond donors (Lipinski definition) is 1. The molecule has 4 aliphatic rings. The van der Waals surface area contributed by atoms with Gasteiger partial charge in [-0.25, -0.2) is 0 Å². The van der Waals surface area contributed by atoms with Crippen molar-refractivity contribution in [2.75, 3.05) is 31.2 Å². The van der Waals surface area contributed by atoms with Crippen LogP contribution in [0, 0.1) is 23.2 Å². The predicted molar refractivity (Wildman–Crippen MR) is 174 cm³/mol. The van der Waals surface area contributed by atoms with Gasteiger partial charge >= 0.3 is 0 Å². The molecule has 45 heavy (non-hydrogen) atoms. The lowest BCUT2D eigenvalue weighted by Gasteiger charge is -2.46. The molecule has 1 unspecified atom stereocenters. The van der Waals surface area contributed by atoms with E-state index in [0.29, 0.717) is 37.6 Å². The van der Waals surface area contributed by atoms with Crippen LogP contribution < -0.4 is 9.64 Å². The Morgan fingerprint density at radius 1 is 1.00 bits per heavy atom. The number of benzene rings is 1. The van der Waals surface area contributed by atoms with E-state index in [1.165, 1.54) is 0 Å². The minimum absolute atomic E-state index is 0.0475. The van der Waals surface area contributed by atoms with E-state index in [1.807, 2.05) is 74.2 Å². The van der Waals surface area contributed by atoms with Crippen LogP contribution in [0.2, 0.25) is 0 Å². The van der Waals surface area contributed by atoms with Gasteiger partial charge in [0.15, 0.2) is 0 Å². The van der Waals surface area contributed by atoms with Gasteiger partial charge < -0.3 is 29.3 Å². The zero-order chi connectivity index (χ0) is 32.9. The number of likely N-dealkylation sites (tertiary alicyclic amines) is 1. The molecular weight excluding hydrogens is 570 g/mol. The number of fused-ring (bicyclic) bond motifs is 2. The number of rotatable bonds is 9. The van der Waals surface area contributed by atoms with Crippen molar-refractivity contribution in [3.05, 3.63) is 48.6 Å². The van der Waals surface area contributed by atoms with Gasteiger partial charge in [-0.15, -0.1) is 0 Å². The number of nitrogens with zero attached hydrogens (tertiary/aromatic N) is 3. The molecule has 246 valence electrons. The zero-order valence-corrected chi connectivity index (χ0v) is 28.2. The number of anilines is 1. The molecule has 4 aliphatic heterocycles. The van der Waals surface area contributed by atoms with Crippen LogP contribution in [0.1, 0.15) is 68.2 Å². The normalized spacial score (nSPS) is 29.7. The summed E-state index contributed by atoms with van der Waals surface area (Å²) in [6.45, 7) is 17.5. The molecule has 1 aromatic carbocycles. The number of ether oxygens (including phenoxy) is 2. The lowest BCUT2D eigenvalue weighted by Crippen LogP contribution is -2.62. The van der Waals surface area contributed by atoms with Crippen molar-refractivity contribution in [1.29, 1.82) is 0 Å². The van der Waals surface area contributed by atoms with E-state index in [2.05, 4.69) is 34.6 Å². The van der Waals surface area contributed by atoms with Gasteiger partial charge in [-0.3, -0.25) is 14.4 Å². The summed E-state index contributed by atoms with van der Waals surface area (Å²) in [5.74, 6) is -1.85. The van der Waals surface area contributed by atoms with Crippen LogP contribution in [-0.4, -0.2) is 88.3 Å². The minimum Gasteiger partial charge on any atom is -0.494 e. The van der Waals surface area contributed by atoms with Gasteiger partial charge in [-0.1, -0.05) is 65.3 Å². The van der Waals surface area contributed by atoms with E-state index >= 15 is 0 Å². The molecule has 0 aromatic heterocycles. The summed E-state index contributed by atoms with van der Waals surface area (Å²) in [5, 5.41) is 10.7. The quantitative estimate of drug-likeness (QED) is 0.405. The fourth-order valence-electron chi connectivity index (χ4n) is 8.31. The van der Waals surface area contributed by atoms with Crippen LogP contribution in [0.4, 0.5) is 5.69 Å². The van der Waals surface area contributed by atoms with E-state index in [1.54, 1.807) is 9.80 Å². The Morgan fingerprint density at radius 2 is 1.69 bits per heavy atom. The molecule has 1 spiro atoms. The van der Waals surface area contributed by atoms with Crippen LogP contribution in [0.5, 0.6) is 5.75 Å². The fraction of sp³-hybridized carbons (Fsp3) is 0.639. The molecule has 1 aromatic rings. The Labute approximate surface area is 268 Å². The van der Waals surface area contributed by atoms with Gasteiger partial charge in [0, 0.05) is 24.3 Å². The first-order chi connectivity index (χ1) is 21.2. The molecule has 9 heteroatoms. The van der Waals surface area contributed by atoms with Gasteiger partial charge in [0.2, 0.25) is 17.7 Å². The number of carbonyl (C=O) groups excluding carboxylic acids is 3. The van der Waals surface area contributed by atoms with E-state index in [4.69, 9.17) is 9.47 Å². The smallest absolute Gasteiger partial charge is 0.249 e. The highest BCUT2D eigenvalue weighted by Gasteiger charge is 2.73. The summed E-state index contributed by atoms with van der Waals surface area (Å²) >= 11 is 0. The first-order valence-corrected chi connectivity index (χ1v) is 16.5. The van der Waals surface area contributed by atoms with Crippen molar-refractivity contribution < 1.29 is 29.0 Å². The number of amides is 3. The van der Waals surface area contributed by atoms with E-state index in [-0.39, 0.29) is 35.7 Å². The van der Waals surface area contributed by atoms with Crippen LogP contribution >= 0.6 is 0 Å². The summed E-state index contributed by atoms with van der Waals surface area (Å²) in [6, 6.07) is 5.76. The molecule has 0 radical (unpaired) electrons. The maximum atomic E-state index is 14.9. The SMILES string of the molecule is CCOc1ccc(N2CC=C[C@@H]3O[C@]45C=CCN(C(C)(C)CC(C)(C)C)C(=O)C4N([C@@H](CO)[C@@H](C)CC)C(=O)[C@@H]5[C@@H]3C2=O)cc1. The average Bonchev–Trinajstić information content (AvgIpc) is 3.27. The Kier molecular flexibility index (Phi) is 9.01. The summed E-state index contributed by atoms with van der Waals surface area (Å²) in [5.41, 5.74) is -1.22. The molecule has 1 N–H and O–H groups in total. The number of aliphatic hydroxyl groups excluding tert-OH is 1. The second-order valence-electron chi connectivity index (χ2n) is 14.9. The third kappa shape index (κ3) is 5.71. The number of hydrogen-bond acceptors (Lipinski definition) is 6. The summed E-state index contributed by atoms with van der Waals surface area (Å²) in [4.78, 5) is 49.4. The lowest BCUT2D eigenvalue weighted by molar-refractivity contribution is -0.155. The second-order valence-corrected chi connectivity index (χ2v) is 14.9. The standard InChI is InChI=1S/C36H51N3O6/c1-9-23(3)26(21-40)39-30-33(43)38(35(7,8)22-34(4,5)6)20-12-18-36(30)29(32(39)42)28-27(45-36)13-11-19-37(31(28)41)24-14-16-25(17-15-24)44-10-2/h11-18,23,26-30,40H,9-10,19-22H2,1-8H3/t23-,26-,27-,28+,29-,30?,36-/m0/s1. The molecule has 2 fully saturated rings. The molecule has 0 aliphatic carbocycles. The van der Waals surface area contributed by atoms with Crippen molar-refractivity contribution in [3.63, 3.8) is 0 Å². The second kappa shape index (κ2) is 12.2. The van der Waals surface area contributed by atoms with Crippen molar-refractivity contribution in [3.8, 4) is 5.75 Å². The van der Waals surface area contributed by atoms with Crippen LogP contribution in [0.3, 0.4) is 0 Å². The highest BCUT2D eigenvalue weighted by Crippen LogP contribution is 2.55. The Balaban J connectivity index is 1.60. The molecule has 5 rings (SSSR count). The monoisotopic (exact) mass is 621 g/mol. The van der Waals surface area contributed by atoms with Crippen molar-refractivity contribution in [2.45, 2.75) is 97.6 Å². The van der Waals surface area contributed by atoms with Gasteiger partial charge in [-0.2, -0.15) is 0 Å². The zero-order valence-electron chi connectivity index (χ0n) is 28.2. The molecule has 2 saturated heterocycles. The molecule has 7 atom stereocenters. The Morgan fingerprint density at radius 3 is 2.29 bits per heavy atom. The maximum Gasteiger partial charge on any atom is 0.249 e. The number of aliphatic hydroxyl groups is 1. The van der Waals surface area contributed by atoms with E-state index < -0.39 is 41.2 Å². The minimum atomic E-state index is -1.35. The Bertz CT molecular complexity index is 1350. The van der Waals surface area contributed by atoms with Crippen LogP contribution in [-0.2, 0) is 19.1 Å². The highest BCUT2D eigenvalue weighted by atomic mass is 16.5. The average molecular weight is 622 g/mol. The largest absolute Gasteiger partial charge is 0.494 e. The highest BCUT2D eigenvalue weighted by molar-refractivity contribution is 6.04. The maximum absolute atomic E-state index is 14.9. The summed E-state index contributed by atoms with van der Waals surface area (Å²) in [6.07, 6.45) is 8.39. The third-order valence-corrected chi connectivity index (χ3v) is 10.1. The molecule has 0 bridgehead atoms. The van der Waals surface area contributed by atoms with Gasteiger partial charge in [0.05, 0.1) is 37.2 Å². The fourth-order valence-corrected chi connectivity index (χ4v) is 8.31. The van der Waals surface area contributed by atoms with Gasteiger partial charge in [0.1, 0.15) is 17.4 Å². The first-order valence-electron chi connectivity index (χ1n) is 16.5. The topological polar surface area (TPSA) is 99.6 Å². The molecule has 9 nitrogen and oxygen atoms in total. The van der Waals surface area contributed by atoms with Crippen LogP contribution in [0.25, 0.3) is 0 Å². The summed E-state index contributed by atoms with van der Waals surface area (Å²) in [7, 11) is 0. The van der Waals surface area contributed by atoms with Crippen molar-refractivity contribution in [1.82, 2.24) is 9.80 Å². The lowest BCUT2D eigenvalue weighted by atomic mass is 9.77. The van der Waals surface area contributed by atoms with Crippen molar-refractivity contribution in [2.24, 2.45) is 23.2 Å². The van der Waals surface area contributed by atoms with E-state index in [0.717, 1.165) is 6.42 Å².